The normalized spacial score (nSPS) is 19.3. The highest BCUT2D eigenvalue weighted by molar-refractivity contribution is 7.81. The summed E-state index contributed by atoms with van der Waals surface area (Å²) >= 11 is 18.3. The number of imide groups is 1. The molecule has 5 aromatic carbocycles. The van der Waals surface area contributed by atoms with Crippen molar-refractivity contribution >= 4 is 151 Å². The molecule has 2 fully saturated rings. The number of primary amides is 1. The summed E-state index contributed by atoms with van der Waals surface area (Å²) in [4.78, 5) is 152. The van der Waals surface area contributed by atoms with Crippen LogP contribution in [0.3, 0.4) is 0 Å². The van der Waals surface area contributed by atoms with Gasteiger partial charge >= 0.3 is 24.2 Å². The van der Waals surface area contributed by atoms with E-state index in [1.807, 2.05) is 12.1 Å². The highest BCUT2D eigenvalue weighted by Crippen LogP contribution is 2.49. The van der Waals surface area contributed by atoms with Gasteiger partial charge in [-0.15, -0.1) is 34.5 Å². The number of carboxylic acids is 1. The maximum Gasteiger partial charge on any atom is 0.415 e. The molecule has 5 heterocycles. The Kier molecular flexibility index (Phi) is 34.8. The number of nitrogens with zero attached hydrogens (tertiary/aromatic N) is 5. The van der Waals surface area contributed by atoms with E-state index >= 15 is 0 Å². The number of urea groups is 1. The van der Waals surface area contributed by atoms with Gasteiger partial charge in [0.2, 0.25) is 29.9 Å². The van der Waals surface area contributed by atoms with E-state index in [1.165, 1.54) is 39.8 Å². The number of carbonyl (C=O) groups excluding carboxylic acids is 10. The van der Waals surface area contributed by atoms with Crippen LogP contribution in [0.4, 0.5) is 31.4 Å². The van der Waals surface area contributed by atoms with E-state index < -0.39 is 95.7 Å². The fourth-order valence-electron chi connectivity index (χ4n) is 14.1. The molecule has 7 unspecified atom stereocenters. The fraction of sp³-hybridized carbons (Fsp3) is 0.500. The molecule has 120 heavy (non-hydrogen) atoms. The number of nitrogens with two attached hydrogens (primary N) is 1. The van der Waals surface area contributed by atoms with E-state index in [4.69, 9.17) is 76.3 Å². The number of carbonyl (C=O) groups is 11. The number of benzene rings is 5. The molecule has 6 aromatic rings. The number of amides is 10. The SMILES string of the molecule is CC(C)C(NC(=O)CCOCCOCCOCCOCCOCCOCCN1C(=O)CC(S)C1=O)C(=O)CC(CCCNC(N)=O)C(=O)Nc1ccc(COC(=O)N(C)CCN(C)C(=O)Oc2cc3c(c4ccccc24)C(CCl)CN3C(=O)c2ccc(C(=O)N3CC(CCl)c4c3cc(O[C@@H]3OC(C(=O)O)[C@@H](O)[C@H](O)C3O)c3ccccc43)s2)cc1. The molecule has 9 N–H and O–H groups in total. The number of likely N-dealkylation sites (N-methyl/N-ethyl adjacent to an activating group) is 2. The minimum absolute atomic E-state index is 0.00301. The summed E-state index contributed by atoms with van der Waals surface area (Å²) in [7, 11) is 2.99. The Morgan fingerprint density at radius 3 is 1.68 bits per heavy atom. The van der Waals surface area contributed by atoms with Crippen molar-refractivity contribution in [2.45, 2.75) is 106 Å². The molecule has 38 heteroatoms. The van der Waals surface area contributed by atoms with E-state index in [2.05, 4.69) is 28.6 Å². The number of alkyl halides is 2. The molecule has 0 spiro atoms. The molecule has 4 aliphatic heterocycles. The number of fused-ring (bicyclic) bond motifs is 6. The maximum absolute atomic E-state index is 14.9. The first kappa shape index (κ1) is 92.9. The molecule has 0 radical (unpaired) electrons. The van der Waals surface area contributed by atoms with Crippen LogP contribution in [0.15, 0.2) is 97.1 Å². The molecule has 650 valence electrons. The van der Waals surface area contributed by atoms with Gasteiger partial charge in [0, 0.05) is 124 Å². The van der Waals surface area contributed by atoms with Gasteiger partial charge in [0.15, 0.2) is 11.9 Å². The highest BCUT2D eigenvalue weighted by Gasteiger charge is 2.49. The third-order valence-electron chi connectivity index (χ3n) is 20.6. The molecule has 10 amide bonds. The Morgan fingerprint density at radius 2 is 1.17 bits per heavy atom. The molecule has 0 aliphatic carbocycles. The Hall–Kier alpha value is -9.38. The highest BCUT2D eigenvalue weighted by atomic mass is 35.5. The molecular formula is C82H101Cl2N9O25S2. The second-order valence-electron chi connectivity index (χ2n) is 29.3. The van der Waals surface area contributed by atoms with Crippen molar-refractivity contribution in [3.05, 3.63) is 124 Å². The van der Waals surface area contributed by atoms with Crippen molar-refractivity contribution < 1.29 is 121 Å². The minimum Gasteiger partial charge on any atom is -0.479 e. The molecule has 2 saturated heterocycles. The lowest BCUT2D eigenvalue weighted by molar-refractivity contribution is -0.270. The van der Waals surface area contributed by atoms with E-state index in [0.717, 1.165) is 21.8 Å². The van der Waals surface area contributed by atoms with Crippen LogP contribution in [0.25, 0.3) is 21.5 Å². The Balaban J connectivity index is 0.651. The quantitative estimate of drug-likeness (QED) is 0.00837. The summed E-state index contributed by atoms with van der Waals surface area (Å²) in [5.41, 5.74) is 8.50. The number of thiol groups is 1. The fourth-order valence-corrected chi connectivity index (χ4v) is 15.8. The topological polar surface area (TPSA) is 439 Å². The lowest BCUT2D eigenvalue weighted by atomic mass is 9.89. The van der Waals surface area contributed by atoms with Gasteiger partial charge in [-0.05, 0) is 70.5 Å². The summed E-state index contributed by atoms with van der Waals surface area (Å²) in [5, 5.41) is 51.5. The van der Waals surface area contributed by atoms with Crippen molar-refractivity contribution in [3.63, 3.8) is 0 Å². The van der Waals surface area contributed by atoms with Crippen molar-refractivity contribution in [2.24, 2.45) is 17.6 Å². The van der Waals surface area contributed by atoms with Crippen LogP contribution in [0.1, 0.15) is 93.8 Å². The molecule has 10 rings (SSSR count). The van der Waals surface area contributed by atoms with E-state index in [0.29, 0.717) is 109 Å². The van der Waals surface area contributed by atoms with E-state index in [1.54, 1.807) is 92.7 Å². The molecule has 0 bridgehead atoms. The van der Waals surface area contributed by atoms with Gasteiger partial charge in [-0.1, -0.05) is 74.5 Å². The number of rotatable bonds is 45. The number of ketones is 1. The van der Waals surface area contributed by atoms with Gasteiger partial charge in [0.1, 0.15) is 36.4 Å². The number of thiophene rings is 1. The van der Waals surface area contributed by atoms with Gasteiger partial charge in [-0.2, -0.15) is 12.6 Å². The third kappa shape index (κ3) is 24.3. The largest absolute Gasteiger partial charge is 0.479 e. The standard InChI is InChI=1S/C82H101Cl2N9O25S2/c1-47(2)69(88-65(95)21-26-109-28-30-111-32-34-113-36-37-114-35-33-112-31-29-110-27-25-91-66(96)41-62(119)75(91)101)59(94)38-49(10-9-22-86-80(85)106)74(100)87-52-17-15-48(16-18-52)46-115-81(107)89(3)23-24-90(4)82(108)117-61-40-58-68(56-14-8-6-12-54(56)61)51(43-84)45-93(58)77(103)64-20-19-63(120-64)76(102)92-44-50(42-83)67-55-13-7-5-11-53(55)60(39-57(67)92)116-79-72(99)70(97)71(98)73(118-79)78(104)105/h5-8,11-20,39-40,47,49-51,62,69-73,79,97-99,119H,9-10,21-38,41-46H2,1-4H3,(H,87,100)(H,88,95)(H,104,105)(H3,85,86,106)/t49?,50?,51?,62?,69?,70-,71-,72?,73?,79+/m0/s1. The summed E-state index contributed by atoms with van der Waals surface area (Å²) in [6.45, 7) is 7.43. The predicted octanol–water partition coefficient (Wildman–Crippen LogP) is 6.64. The van der Waals surface area contributed by atoms with Gasteiger partial charge < -0.3 is 109 Å². The molecular weight excluding hydrogens is 1650 g/mol. The summed E-state index contributed by atoms with van der Waals surface area (Å²) < 4.78 is 56.3. The van der Waals surface area contributed by atoms with Crippen molar-refractivity contribution in [1.82, 2.24) is 25.3 Å². The second-order valence-corrected chi connectivity index (χ2v) is 31.7. The summed E-state index contributed by atoms with van der Waals surface area (Å²) in [6.07, 6.45) is -10.6. The van der Waals surface area contributed by atoms with Gasteiger partial charge in [0.25, 0.3) is 11.8 Å². The number of ether oxygens (including phenoxy) is 10. The smallest absolute Gasteiger partial charge is 0.415 e. The Morgan fingerprint density at radius 1 is 0.658 bits per heavy atom. The monoisotopic (exact) mass is 1750 g/mol. The molecule has 4 aliphatic rings. The number of nitrogens with one attached hydrogen (secondary N) is 3. The average molecular weight is 1750 g/mol. The number of hydrogen-bond acceptors (Lipinski definition) is 26. The number of likely N-dealkylation sites (tertiary alicyclic amines) is 1. The Bertz CT molecular complexity index is 4610. The summed E-state index contributed by atoms with van der Waals surface area (Å²) in [6, 6.07) is 25.3. The number of halogens is 2. The molecule has 34 nitrogen and oxygen atoms in total. The number of aliphatic hydroxyl groups excluding tert-OH is 3. The zero-order chi connectivity index (χ0) is 86.3. The Labute approximate surface area is 711 Å². The first-order valence-corrected chi connectivity index (χ1v) is 41.7. The van der Waals surface area contributed by atoms with Crippen LogP contribution in [0.5, 0.6) is 11.5 Å². The van der Waals surface area contributed by atoms with Crippen LogP contribution in [-0.2, 0) is 73.3 Å². The minimum atomic E-state index is -1.96. The first-order chi connectivity index (χ1) is 57.7. The number of aliphatic carboxylic acids is 1. The number of carboxylic acid groups (broad SMARTS) is 1. The first-order valence-electron chi connectivity index (χ1n) is 39.3. The second kappa shape index (κ2) is 45.0. The van der Waals surface area contributed by atoms with Crippen LogP contribution >= 0.6 is 47.2 Å². The number of Topliss-reactive ketones (excluding diaryl/α,β-unsaturated/α-hetero) is 1. The van der Waals surface area contributed by atoms with Crippen molar-refractivity contribution in [3.8, 4) is 11.5 Å². The van der Waals surface area contributed by atoms with Gasteiger partial charge in [-0.3, -0.25) is 38.5 Å². The van der Waals surface area contributed by atoms with Crippen molar-refractivity contribution in [1.29, 1.82) is 0 Å². The molecule has 1 aromatic heterocycles. The van der Waals surface area contributed by atoms with E-state index in [9.17, 15) is 73.2 Å². The number of hydrogen-bond donors (Lipinski definition) is 9. The number of aliphatic hydroxyl groups is 3. The van der Waals surface area contributed by atoms with Gasteiger partial charge in [-0.25, -0.2) is 19.2 Å². The third-order valence-corrected chi connectivity index (χ3v) is 22.8. The van der Waals surface area contributed by atoms with Crippen LogP contribution in [0, 0.1) is 11.8 Å². The number of anilines is 3. The summed E-state index contributed by atoms with van der Waals surface area (Å²) in [5.74, 6) is -5.88. The van der Waals surface area contributed by atoms with Crippen LogP contribution in [0.2, 0.25) is 0 Å². The zero-order valence-electron chi connectivity index (χ0n) is 66.8. The lowest BCUT2D eigenvalue weighted by Gasteiger charge is -2.38. The van der Waals surface area contributed by atoms with E-state index in [-0.39, 0.29) is 166 Å². The zero-order valence-corrected chi connectivity index (χ0v) is 70.0. The average Bonchev–Trinajstić information content (AvgIpc) is 1.57. The molecule has 0 saturated carbocycles. The van der Waals surface area contributed by atoms with Crippen LogP contribution in [-0.4, -0.2) is 287 Å². The van der Waals surface area contributed by atoms with Crippen LogP contribution < -0.4 is 41.0 Å². The molecule has 10 atom stereocenters. The lowest BCUT2D eigenvalue weighted by Crippen LogP contribution is -2.61. The predicted molar refractivity (Wildman–Crippen MR) is 444 cm³/mol. The van der Waals surface area contributed by atoms with Gasteiger partial charge in [0.05, 0.1) is 118 Å². The maximum atomic E-state index is 14.9. The van der Waals surface area contributed by atoms with Crippen molar-refractivity contribution in [2.75, 3.05) is 160 Å².